The van der Waals surface area contributed by atoms with Gasteiger partial charge in [-0.05, 0) is 34.9 Å². The van der Waals surface area contributed by atoms with Crippen LogP contribution < -0.4 is 15.3 Å². The summed E-state index contributed by atoms with van der Waals surface area (Å²) in [4.78, 5) is 29.9. The normalized spacial score (nSPS) is 9.88. The summed E-state index contributed by atoms with van der Waals surface area (Å²) in [5, 5.41) is 29.9. The van der Waals surface area contributed by atoms with Crippen molar-refractivity contribution in [2.24, 2.45) is 0 Å². The van der Waals surface area contributed by atoms with Gasteiger partial charge < -0.3 is 29.7 Å². The molecule has 0 atom stereocenters. The fourth-order valence-corrected chi connectivity index (χ4v) is 2.19. The Morgan fingerprint density at radius 2 is 0.647 bits per heavy atom. The number of carbonyl (C=O) groups is 3. The van der Waals surface area contributed by atoms with Crippen molar-refractivity contribution in [2.75, 3.05) is 0 Å². The van der Waals surface area contributed by atoms with Crippen LogP contribution in [0.4, 0.5) is 0 Å². The SMILES string of the molecule is O=C([O-])C=Cc1ccccc1.O=C([O-])C=Cc1ccccc1.O=C([O-])C=Cc1ccccc1.[Yb+3]. The van der Waals surface area contributed by atoms with E-state index in [9.17, 15) is 29.7 Å². The molecule has 0 amide bonds. The molecule has 6 nitrogen and oxygen atoms in total. The zero-order valence-corrected chi connectivity index (χ0v) is 19.6. The van der Waals surface area contributed by atoms with E-state index < -0.39 is 17.9 Å². The molecule has 0 aliphatic heterocycles. The van der Waals surface area contributed by atoms with Gasteiger partial charge in [0.15, 0.2) is 0 Å². The molecule has 0 spiro atoms. The van der Waals surface area contributed by atoms with Crippen molar-refractivity contribution in [1.82, 2.24) is 0 Å². The molecule has 3 rings (SSSR count). The van der Waals surface area contributed by atoms with Crippen LogP contribution in [0.15, 0.2) is 109 Å². The standard InChI is InChI=1S/3C9H8O2.Yb/c3*10-9(11)7-6-8-4-2-1-3-5-8;/h3*1-7H,(H,10,11);/q;;;+3/p-3. The summed E-state index contributed by atoms with van der Waals surface area (Å²) in [6, 6.07) is 27.6. The summed E-state index contributed by atoms with van der Waals surface area (Å²) >= 11 is 0. The van der Waals surface area contributed by atoms with Crippen LogP contribution in [0.25, 0.3) is 18.2 Å². The summed E-state index contributed by atoms with van der Waals surface area (Å²) in [7, 11) is 0. The van der Waals surface area contributed by atoms with Crippen molar-refractivity contribution >= 4 is 36.1 Å². The van der Waals surface area contributed by atoms with E-state index in [1.165, 1.54) is 18.2 Å². The number of hydrogen-bond acceptors (Lipinski definition) is 6. The Hall–Kier alpha value is -3.19. The number of carboxylic acids is 3. The van der Waals surface area contributed by atoms with E-state index in [1.807, 2.05) is 91.0 Å². The largest absolute Gasteiger partial charge is 3.00 e. The van der Waals surface area contributed by atoms with Gasteiger partial charge >= 0.3 is 46.9 Å². The zero-order chi connectivity index (χ0) is 24.3. The molecule has 0 saturated heterocycles. The molecule has 179 valence electrons. The van der Waals surface area contributed by atoms with Gasteiger partial charge in [-0.15, -0.1) is 0 Å². The number of carboxylic acid groups (broad SMARTS) is 3. The molecule has 0 aliphatic carbocycles. The summed E-state index contributed by atoms with van der Waals surface area (Å²) in [5.41, 5.74) is 2.57. The van der Waals surface area contributed by atoms with Crippen molar-refractivity contribution < 1.29 is 76.6 Å². The smallest absolute Gasteiger partial charge is 0.545 e. The van der Waals surface area contributed by atoms with Crippen LogP contribution >= 0.6 is 0 Å². The Morgan fingerprint density at radius 1 is 0.441 bits per heavy atom. The first kappa shape index (κ1) is 30.8. The van der Waals surface area contributed by atoms with Crippen LogP contribution in [0.5, 0.6) is 0 Å². The molecule has 0 unspecified atom stereocenters. The van der Waals surface area contributed by atoms with Crippen LogP contribution in [0.3, 0.4) is 0 Å². The predicted molar refractivity (Wildman–Crippen MR) is 121 cm³/mol. The number of aliphatic carboxylic acids is 3. The van der Waals surface area contributed by atoms with Crippen molar-refractivity contribution in [3.8, 4) is 0 Å². The van der Waals surface area contributed by atoms with Crippen molar-refractivity contribution in [1.29, 1.82) is 0 Å². The monoisotopic (exact) mass is 615 g/mol. The van der Waals surface area contributed by atoms with Gasteiger partial charge in [-0.25, -0.2) is 0 Å². The molecule has 34 heavy (non-hydrogen) atoms. The van der Waals surface area contributed by atoms with Gasteiger partial charge in [-0.3, -0.25) is 0 Å². The maximum absolute atomic E-state index is 9.97. The topological polar surface area (TPSA) is 120 Å². The maximum atomic E-state index is 9.97. The van der Waals surface area contributed by atoms with Gasteiger partial charge in [0.2, 0.25) is 0 Å². The van der Waals surface area contributed by atoms with E-state index in [2.05, 4.69) is 0 Å². The third-order valence-corrected chi connectivity index (χ3v) is 3.63. The molecular formula is C27H21O6Yb. The molecule has 7 heteroatoms. The summed E-state index contributed by atoms with van der Waals surface area (Å²) in [5.74, 6) is -3.52. The van der Waals surface area contributed by atoms with Gasteiger partial charge in [-0.1, -0.05) is 109 Å². The molecule has 3 aromatic rings. The average Bonchev–Trinajstić information content (AvgIpc) is 2.83. The number of rotatable bonds is 6. The van der Waals surface area contributed by atoms with Crippen molar-refractivity contribution in [3.63, 3.8) is 0 Å². The molecule has 0 bridgehead atoms. The molecule has 0 fully saturated rings. The summed E-state index contributed by atoms with van der Waals surface area (Å²) in [6.45, 7) is 0. The fraction of sp³-hybridized carbons (Fsp3) is 0. The third kappa shape index (κ3) is 17.4. The Kier molecular flexibility index (Phi) is 17.5. The maximum Gasteiger partial charge on any atom is 3.00 e. The van der Waals surface area contributed by atoms with Crippen LogP contribution in [-0.4, -0.2) is 17.9 Å². The second-order valence-electron chi connectivity index (χ2n) is 6.19. The van der Waals surface area contributed by atoms with Crippen LogP contribution in [0, 0.1) is 46.9 Å². The molecular weight excluding hydrogens is 593 g/mol. The summed E-state index contributed by atoms with van der Waals surface area (Å²) in [6.07, 6.45) is 7.51. The van der Waals surface area contributed by atoms with Crippen LogP contribution in [-0.2, 0) is 14.4 Å². The minimum absolute atomic E-state index is 0. The first-order chi connectivity index (χ1) is 15.9. The van der Waals surface area contributed by atoms with Gasteiger partial charge in [0.25, 0.3) is 0 Å². The van der Waals surface area contributed by atoms with Crippen molar-refractivity contribution in [2.45, 2.75) is 0 Å². The van der Waals surface area contributed by atoms with Gasteiger partial charge in [0.1, 0.15) is 0 Å². The number of carbonyl (C=O) groups excluding carboxylic acids is 3. The van der Waals surface area contributed by atoms with E-state index >= 15 is 0 Å². The number of benzene rings is 3. The second kappa shape index (κ2) is 19.3. The third-order valence-electron chi connectivity index (χ3n) is 3.63. The summed E-state index contributed by atoms with van der Waals surface area (Å²) < 4.78 is 0. The molecule has 3 aromatic carbocycles. The number of hydrogen-bond donors (Lipinski definition) is 0. The van der Waals surface area contributed by atoms with E-state index in [-0.39, 0.29) is 46.9 Å². The van der Waals surface area contributed by atoms with Gasteiger partial charge in [0, 0.05) is 0 Å². The Labute approximate surface area is 236 Å². The Bertz CT molecular complexity index is 934. The molecule has 0 heterocycles. The molecule has 0 saturated carbocycles. The zero-order valence-electron chi connectivity index (χ0n) is 17.8. The molecule has 0 aromatic heterocycles. The first-order valence-electron chi connectivity index (χ1n) is 9.69. The minimum Gasteiger partial charge on any atom is -0.545 e. The van der Waals surface area contributed by atoms with Crippen LogP contribution in [0.1, 0.15) is 16.7 Å². The van der Waals surface area contributed by atoms with E-state index in [1.54, 1.807) is 0 Å². The Morgan fingerprint density at radius 3 is 0.824 bits per heavy atom. The van der Waals surface area contributed by atoms with Gasteiger partial charge in [-0.2, -0.15) is 0 Å². The quantitative estimate of drug-likeness (QED) is 0.387. The Balaban J connectivity index is 0.000000473. The second-order valence-corrected chi connectivity index (χ2v) is 6.19. The molecule has 1 radical (unpaired) electrons. The van der Waals surface area contributed by atoms with E-state index in [0.29, 0.717) is 0 Å². The fourth-order valence-electron chi connectivity index (χ4n) is 2.19. The van der Waals surface area contributed by atoms with Crippen LogP contribution in [0.2, 0.25) is 0 Å². The molecule has 0 aliphatic rings. The predicted octanol–water partition coefficient (Wildman–Crippen LogP) is 1.35. The van der Waals surface area contributed by atoms with E-state index in [4.69, 9.17) is 0 Å². The first-order valence-corrected chi connectivity index (χ1v) is 9.69. The minimum atomic E-state index is -1.17. The molecule has 0 N–H and O–H groups in total. The average molecular weight is 614 g/mol. The van der Waals surface area contributed by atoms with E-state index in [0.717, 1.165) is 34.9 Å². The van der Waals surface area contributed by atoms with Gasteiger partial charge in [0.05, 0.1) is 17.9 Å². The van der Waals surface area contributed by atoms with Crippen molar-refractivity contribution in [3.05, 3.63) is 126 Å².